The molecule has 0 unspecified atom stereocenters. The monoisotopic (exact) mass is 718 g/mol. The summed E-state index contributed by atoms with van der Waals surface area (Å²) in [6, 6.07) is 7.71. The highest BCUT2D eigenvalue weighted by atomic mass is 16.5. The van der Waals surface area contributed by atoms with Crippen LogP contribution in [0.4, 0.5) is 0 Å². The highest BCUT2D eigenvalue weighted by Crippen LogP contribution is 2.30. The maximum absolute atomic E-state index is 14.2. The van der Waals surface area contributed by atoms with E-state index in [1.807, 2.05) is 90.9 Å². The average molecular weight is 718 g/mol. The number of rotatable bonds is 20. The molecule has 51 heavy (non-hydrogen) atoms. The molecule has 1 aromatic rings. The van der Waals surface area contributed by atoms with Gasteiger partial charge < -0.3 is 35.0 Å². The lowest BCUT2D eigenvalue weighted by atomic mass is 9.89. The fraction of sp³-hybridized carbons (Fsp3) is 0.744. The standard InChI is InChI=1S/C39H67N5O7/c1-13-26(6)35(43(10)39(49)33(24(2)3)41-38(48)34(25(4)5)42(8)9)31(50-11)22-32(46)44-23-29(45)21-30(44)36(51-12)27(7)37(47)40-20-19-28-17-15-14-16-18-28/h14-18,24-27,29-31,33-36,45H,13,19-23H2,1-12H3,(H,40,47)(H,41,48)/t26-,27+,29+,30-,31+,33-,34-,35-,36+/m0/s1. The van der Waals surface area contributed by atoms with Gasteiger partial charge in [0, 0.05) is 34.4 Å². The van der Waals surface area contributed by atoms with Crippen molar-refractivity contribution in [2.45, 2.75) is 117 Å². The van der Waals surface area contributed by atoms with Crippen LogP contribution in [0.1, 0.15) is 73.3 Å². The Morgan fingerprint density at radius 3 is 2.08 bits per heavy atom. The SMILES string of the molecule is CC[C@H](C)[C@@H]([C@@H](CC(=O)N1C[C@H](O)C[C@H]1[C@H](OC)[C@@H](C)C(=O)NCCc1ccccc1)OC)N(C)C(=O)[C@@H](NC(=O)[C@H](C(C)C)N(C)C)C(C)C. The van der Waals surface area contributed by atoms with E-state index in [-0.39, 0.29) is 60.8 Å². The summed E-state index contributed by atoms with van der Waals surface area (Å²) in [5.74, 6) is -1.67. The van der Waals surface area contributed by atoms with E-state index < -0.39 is 48.4 Å². The normalized spacial score (nSPS) is 20.4. The molecule has 1 heterocycles. The van der Waals surface area contributed by atoms with Gasteiger partial charge in [-0.1, -0.05) is 85.2 Å². The number of methoxy groups -OCH3 is 2. The van der Waals surface area contributed by atoms with Gasteiger partial charge in [-0.3, -0.25) is 24.1 Å². The van der Waals surface area contributed by atoms with E-state index in [1.165, 1.54) is 14.2 Å². The Kier molecular flexibility index (Phi) is 18.0. The maximum atomic E-state index is 14.2. The lowest BCUT2D eigenvalue weighted by Crippen LogP contribution is -2.59. The van der Waals surface area contributed by atoms with Crippen LogP contribution in [0.5, 0.6) is 0 Å². The zero-order valence-electron chi connectivity index (χ0n) is 33.2. The molecule has 1 aliphatic heterocycles. The van der Waals surface area contributed by atoms with Crippen molar-refractivity contribution >= 4 is 23.6 Å². The van der Waals surface area contributed by atoms with E-state index in [4.69, 9.17) is 9.47 Å². The number of carbonyl (C=O) groups excluding carboxylic acids is 4. The molecule has 0 bridgehead atoms. The summed E-state index contributed by atoms with van der Waals surface area (Å²) in [7, 11) is 8.47. The summed E-state index contributed by atoms with van der Waals surface area (Å²) < 4.78 is 11.8. The van der Waals surface area contributed by atoms with Gasteiger partial charge in [-0.15, -0.1) is 0 Å². The number of nitrogens with zero attached hydrogens (tertiary/aromatic N) is 3. The molecule has 12 nitrogen and oxygen atoms in total. The molecule has 0 saturated carbocycles. The van der Waals surface area contributed by atoms with E-state index in [9.17, 15) is 24.3 Å². The predicted octanol–water partition coefficient (Wildman–Crippen LogP) is 2.96. The molecule has 0 aromatic heterocycles. The Morgan fingerprint density at radius 2 is 1.57 bits per heavy atom. The van der Waals surface area contributed by atoms with Crippen molar-refractivity contribution < 1.29 is 33.8 Å². The van der Waals surface area contributed by atoms with Gasteiger partial charge in [0.1, 0.15) is 6.04 Å². The summed E-state index contributed by atoms with van der Waals surface area (Å²) >= 11 is 0. The molecular weight excluding hydrogens is 650 g/mol. The Hall–Kier alpha value is -3.06. The quantitative estimate of drug-likeness (QED) is 0.187. The Balaban J connectivity index is 2.25. The minimum absolute atomic E-state index is 0.0417. The fourth-order valence-corrected chi connectivity index (χ4v) is 7.54. The highest BCUT2D eigenvalue weighted by Gasteiger charge is 2.45. The smallest absolute Gasteiger partial charge is 0.245 e. The minimum atomic E-state index is -0.774. The Labute approximate surface area is 307 Å². The zero-order valence-corrected chi connectivity index (χ0v) is 33.2. The molecule has 1 fully saturated rings. The van der Waals surface area contributed by atoms with E-state index in [0.29, 0.717) is 13.0 Å². The van der Waals surface area contributed by atoms with Crippen LogP contribution in [0.2, 0.25) is 0 Å². The summed E-state index contributed by atoms with van der Waals surface area (Å²) in [6.45, 7) is 14.2. The number of likely N-dealkylation sites (N-methyl/N-ethyl adjacent to an activating group) is 2. The van der Waals surface area contributed by atoms with Crippen LogP contribution >= 0.6 is 0 Å². The summed E-state index contributed by atoms with van der Waals surface area (Å²) in [5, 5.41) is 16.8. The number of amides is 4. The largest absolute Gasteiger partial charge is 0.391 e. The summed E-state index contributed by atoms with van der Waals surface area (Å²) in [5.41, 5.74) is 1.12. The number of benzene rings is 1. The van der Waals surface area contributed by atoms with Crippen LogP contribution in [0, 0.1) is 23.7 Å². The van der Waals surface area contributed by atoms with Crippen LogP contribution in [-0.2, 0) is 35.1 Å². The summed E-state index contributed by atoms with van der Waals surface area (Å²) in [6.07, 6.45) is -0.452. The molecule has 12 heteroatoms. The van der Waals surface area contributed by atoms with Gasteiger partial charge in [0.25, 0.3) is 0 Å². The van der Waals surface area contributed by atoms with E-state index in [2.05, 4.69) is 10.6 Å². The van der Waals surface area contributed by atoms with Gasteiger partial charge >= 0.3 is 0 Å². The van der Waals surface area contributed by atoms with E-state index in [1.54, 1.807) is 23.8 Å². The van der Waals surface area contributed by atoms with Gasteiger partial charge in [0.15, 0.2) is 0 Å². The molecule has 2 rings (SSSR count). The summed E-state index contributed by atoms with van der Waals surface area (Å²) in [4.78, 5) is 60.0. The molecule has 0 spiro atoms. The molecule has 0 aliphatic carbocycles. The second-order valence-corrected chi connectivity index (χ2v) is 15.2. The van der Waals surface area contributed by atoms with Crippen molar-refractivity contribution in [3.05, 3.63) is 35.9 Å². The first-order valence-corrected chi connectivity index (χ1v) is 18.6. The third-order valence-corrected chi connectivity index (χ3v) is 10.5. The zero-order chi connectivity index (χ0) is 38.6. The van der Waals surface area contributed by atoms with Gasteiger partial charge in [-0.05, 0) is 50.3 Å². The molecule has 1 aliphatic rings. The fourth-order valence-electron chi connectivity index (χ4n) is 7.54. The van der Waals surface area contributed by atoms with E-state index >= 15 is 0 Å². The van der Waals surface area contributed by atoms with Crippen molar-refractivity contribution in [1.82, 2.24) is 25.3 Å². The van der Waals surface area contributed by atoms with Crippen molar-refractivity contribution in [2.24, 2.45) is 23.7 Å². The highest BCUT2D eigenvalue weighted by molar-refractivity contribution is 5.90. The van der Waals surface area contributed by atoms with E-state index in [0.717, 1.165) is 12.0 Å². The second-order valence-electron chi connectivity index (χ2n) is 15.2. The average Bonchev–Trinajstić information content (AvgIpc) is 3.47. The van der Waals surface area contributed by atoms with Gasteiger partial charge in [0.05, 0.1) is 48.8 Å². The maximum Gasteiger partial charge on any atom is 0.245 e. The number of hydrogen-bond donors (Lipinski definition) is 3. The molecule has 290 valence electrons. The Bertz CT molecular complexity index is 1240. The lowest BCUT2D eigenvalue weighted by molar-refractivity contribution is -0.148. The molecule has 0 radical (unpaired) electrons. The first-order chi connectivity index (χ1) is 24.0. The molecule has 3 N–H and O–H groups in total. The molecule has 9 atom stereocenters. The lowest BCUT2D eigenvalue weighted by Gasteiger charge is -2.41. The van der Waals surface area contributed by atoms with Crippen LogP contribution in [-0.4, -0.2) is 134 Å². The number of aliphatic hydroxyl groups is 1. The van der Waals surface area contributed by atoms with Crippen molar-refractivity contribution in [1.29, 1.82) is 0 Å². The number of aliphatic hydroxyl groups excluding tert-OH is 1. The van der Waals surface area contributed by atoms with Gasteiger partial charge in [-0.2, -0.15) is 0 Å². The first-order valence-electron chi connectivity index (χ1n) is 18.6. The number of hydrogen-bond acceptors (Lipinski definition) is 8. The number of likely N-dealkylation sites (tertiary alicyclic amines) is 1. The number of ether oxygens (including phenoxy) is 2. The first kappa shape index (κ1) is 44.1. The van der Waals surface area contributed by atoms with Crippen molar-refractivity contribution in [2.75, 3.05) is 48.5 Å². The molecule has 1 saturated heterocycles. The third kappa shape index (κ3) is 12.0. The predicted molar refractivity (Wildman–Crippen MR) is 200 cm³/mol. The van der Waals surface area contributed by atoms with Crippen LogP contribution in [0.15, 0.2) is 30.3 Å². The van der Waals surface area contributed by atoms with Crippen LogP contribution < -0.4 is 10.6 Å². The Morgan fingerprint density at radius 1 is 0.941 bits per heavy atom. The second kappa shape index (κ2) is 20.8. The number of β-amino-alcohol motifs (C(OH)–C–C–N with tert-alkyl or cyclic N) is 1. The molecular formula is C39H67N5O7. The number of carbonyl (C=O) groups is 4. The molecule has 4 amide bonds. The number of nitrogens with one attached hydrogen (secondary N) is 2. The van der Waals surface area contributed by atoms with Gasteiger partial charge in [0.2, 0.25) is 23.6 Å². The van der Waals surface area contributed by atoms with Crippen molar-refractivity contribution in [3.63, 3.8) is 0 Å². The van der Waals surface area contributed by atoms with Crippen LogP contribution in [0.25, 0.3) is 0 Å². The van der Waals surface area contributed by atoms with Crippen LogP contribution in [0.3, 0.4) is 0 Å². The minimum Gasteiger partial charge on any atom is -0.391 e. The molecule has 1 aromatic carbocycles. The third-order valence-electron chi connectivity index (χ3n) is 10.5. The van der Waals surface area contributed by atoms with Gasteiger partial charge in [-0.25, -0.2) is 0 Å². The van der Waals surface area contributed by atoms with Crippen molar-refractivity contribution in [3.8, 4) is 0 Å². The topological polar surface area (TPSA) is 141 Å².